The van der Waals surface area contributed by atoms with Gasteiger partial charge < -0.3 is 9.47 Å². The average molecular weight is 188 g/mol. The third kappa shape index (κ3) is 6.82. The Morgan fingerprint density at radius 1 is 1.17 bits per heavy atom. The maximum atomic E-state index is 5.10. The molecule has 0 atom stereocenters. The normalized spacial score (nSPS) is 12.5. The van der Waals surface area contributed by atoms with Crippen LogP contribution in [0.2, 0.25) is 11.1 Å². The van der Waals surface area contributed by atoms with E-state index in [1.165, 1.54) is 6.04 Å². The highest BCUT2D eigenvalue weighted by Crippen LogP contribution is 2.22. The Bertz CT molecular complexity index is 106. The molecule has 0 aliphatic rings. The van der Waals surface area contributed by atoms with E-state index in [1.54, 1.807) is 14.2 Å². The number of rotatable bonds is 5. The number of ether oxygens (including phenoxy) is 2. The highest BCUT2D eigenvalue weighted by atomic mass is 28.2. The Morgan fingerprint density at radius 3 is 2.00 bits per heavy atom. The van der Waals surface area contributed by atoms with Gasteiger partial charge in [-0.05, 0) is 11.5 Å². The standard InChI is InChI=1S/C9H20O2Si/c1-9(2,3)12-7-6-8(10-4)11-5/h8H,6-7H2,1-5H3. The number of hydrogen-bond donors (Lipinski definition) is 0. The van der Waals surface area contributed by atoms with Gasteiger partial charge in [0.05, 0.1) is 0 Å². The minimum absolute atomic E-state index is 0.0140. The lowest BCUT2D eigenvalue weighted by molar-refractivity contribution is -0.103. The van der Waals surface area contributed by atoms with E-state index in [-0.39, 0.29) is 6.29 Å². The van der Waals surface area contributed by atoms with Crippen LogP contribution in [0.5, 0.6) is 0 Å². The van der Waals surface area contributed by atoms with Gasteiger partial charge in [-0.3, -0.25) is 0 Å². The molecule has 0 saturated carbocycles. The maximum Gasteiger partial charge on any atom is 0.156 e. The van der Waals surface area contributed by atoms with Gasteiger partial charge in [-0.15, -0.1) is 0 Å². The molecule has 0 aromatic carbocycles. The van der Waals surface area contributed by atoms with E-state index < -0.39 is 0 Å². The Morgan fingerprint density at radius 2 is 1.67 bits per heavy atom. The molecule has 0 rings (SSSR count). The van der Waals surface area contributed by atoms with Crippen molar-refractivity contribution in [3.05, 3.63) is 0 Å². The zero-order valence-electron chi connectivity index (χ0n) is 8.81. The molecule has 2 radical (unpaired) electrons. The van der Waals surface area contributed by atoms with Crippen LogP contribution in [-0.4, -0.2) is 30.0 Å². The second-order valence-electron chi connectivity index (χ2n) is 3.87. The molecule has 0 aromatic rings. The van der Waals surface area contributed by atoms with E-state index in [4.69, 9.17) is 9.47 Å². The molecule has 0 aliphatic heterocycles. The molecule has 3 heteroatoms. The van der Waals surface area contributed by atoms with Crippen molar-refractivity contribution in [3.8, 4) is 0 Å². The van der Waals surface area contributed by atoms with E-state index in [0.29, 0.717) is 5.04 Å². The summed E-state index contributed by atoms with van der Waals surface area (Å²) < 4.78 is 10.2. The van der Waals surface area contributed by atoms with Crippen molar-refractivity contribution >= 4 is 9.52 Å². The molecule has 0 aliphatic carbocycles. The Balaban J connectivity index is 3.41. The van der Waals surface area contributed by atoms with Crippen LogP contribution in [0, 0.1) is 0 Å². The molecule has 12 heavy (non-hydrogen) atoms. The molecular weight excluding hydrogens is 168 g/mol. The minimum Gasteiger partial charge on any atom is -0.356 e. The monoisotopic (exact) mass is 188 g/mol. The van der Waals surface area contributed by atoms with Crippen molar-refractivity contribution < 1.29 is 9.47 Å². The molecule has 0 unspecified atom stereocenters. The van der Waals surface area contributed by atoms with E-state index in [0.717, 1.165) is 15.9 Å². The first-order valence-corrected chi connectivity index (χ1v) is 5.51. The molecule has 0 amide bonds. The third-order valence-corrected chi connectivity index (χ3v) is 3.16. The molecular formula is C9H20O2Si. The van der Waals surface area contributed by atoms with E-state index in [1.807, 2.05) is 0 Å². The first-order valence-electron chi connectivity index (χ1n) is 4.30. The van der Waals surface area contributed by atoms with Crippen LogP contribution in [0.15, 0.2) is 0 Å². The second kappa shape index (κ2) is 5.73. The Kier molecular flexibility index (Phi) is 5.79. The fourth-order valence-corrected chi connectivity index (χ4v) is 2.03. The van der Waals surface area contributed by atoms with Crippen molar-refractivity contribution in [3.63, 3.8) is 0 Å². The molecule has 0 aromatic heterocycles. The number of hydrogen-bond acceptors (Lipinski definition) is 2. The second-order valence-corrected chi connectivity index (χ2v) is 6.22. The molecule has 0 N–H and O–H groups in total. The van der Waals surface area contributed by atoms with Crippen molar-refractivity contribution in [1.29, 1.82) is 0 Å². The quantitative estimate of drug-likeness (QED) is 0.487. The SMILES string of the molecule is COC(CC[Si]C(C)(C)C)OC. The molecule has 0 heterocycles. The predicted octanol–water partition coefficient (Wildman–Crippen LogP) is 2.34. The van der Waals surface area contributed by atoms with Gasteiger partial charge in [0.2, 0.25) is 0 Å². The summed E-state index contributed by atoms with van der Waals surface area (Å²) in [6.07, 6.45) is 0.989. The molecule has 0 bridgehead atoms. The topological polar surface area (TPSA) is 18.5 Å². The van der Waals surface area contributed by atoms with Crippen LogP contribution < -0.4 is 0 Å². The largest absolute Gasteiger partial charge is 0.356 e. The average Bonchev–Trinajstić information content (AvgIpc) is 1.96. The van der Waals surface area contributed by atoms with E-state index >= 15 is 0 Å². The van der Waals surface area contributed by atoms with Gasteiger partial charge in [0, 0.05) is 23.7 Å². The summed E-state index contributed by atoms with van der Waals surface area (Å²) in [5.41, 5.74) is 0. The van der Waals surface area contributed by atoms with Crippen molar-refractivity contribution in [2.75, 3.05) is 14.2 Å². The summed E-state index contributed by atoms with van der Waals surface area (Å²) in [7, 11) is 4.36. The first kappa shape index (κ1) is 12.1. The van der Waals surface area contributed by atoms with Gasteiger partial charge in [-0.1, -0.05) is 26.8 Å². The lowest BCUT2D eigenvalue weighted by Gasteiger charge is -2.18. The summed E-state index contributed by atoms with van der Waals surface area (Å²) in [4.78, 5) is 0. The van der Waals surface area contributed by atoms with Crippen molar-refractivity contribution in [2.45, 2.75) is 44.6 Å². The number of methoxy groups -OCH3 is 2. The van der Waals surface area contributed by atoms with Gasteiger partial charge in [0.1, 0.15) is 0 Å². The zero-order valence-corrected chi connectivity index (χ0v) is 9.81. The van der Waals surface area contributed by atoms with E-state index in [2.05, 4.69) is 20.8 Å². The van der Waals surface area contributed by atoms with Crippen molar-refractivity contribution in [2.24, 2.45) is 0 Å². The summed E-state index contributed by atoms with van der Waals surface area (Å²) in [6, 6.07) is 1.19. The maximum absolute atomic E-state index is 5.10. The van der Waals surface area contributed by atoms with Crippen LogP contribution in [-0.2, 0) is 9.47 Å². The fraction of sp³-hybridized carbons (Fsp3) is 1.00. The molecule has 72 valence electrons. The van der Waals surface area contributed by atoms with Gasteiger partial charge in [-0.2, -0.15) is 0 Å². The zero-order chi connectivity index (χ0) is 9.61. The highest BCUT2D eigenvalue weighted by Gasteiger charge is 2.12. The third-order valence-electron chi connectivity index (χ3n) is 1.56. The van der Waals surface area contributed by atoms with Crippen LogP contribution in [0.1, 0.15) is 27.2 Å². The fourth-order valence-electron chi connectivity index (χ4n) is 0.897. The summed E-state index contributed by atoms with van der Waals surface area (Å²) >= 11 is 0. The summed E-state index contributed by atoms with van der Waals surface area (Å²) in [5, 5.41) is 0.450. The highest BCUT2D eigenvalue weighted by molar-refractivity contribution is 6.39. The van der Waals surface area contributed by atoms with Crippen LogP contribution in [0.3, 0.4) is 0 Å². The molecule has 0 spiro atoms. The van der Waals surface area contributed by atoms with Gasteiger partial charge >= 0.3 is 0 Å². The first-order chi connectivity index (χ1) is 5.49. The van der Waals surface area contributed by atoms with Crippen LogP contribution in [0.25, 0.3) is 0 Å². The Hall–Kier alpha value is 0.137. The predicted molar refractivity (Wildman–Crippen MR) is 52.7 cm³/mol. The summed E-state index contributed by atoms with van der Waals surface area (Å²) in [6.45, 7) is 6.79. The molecule has 0 fully saturated rings. The van der Waals surface area contributed by atoms with Crippen molar-refractivity contribution in [1.82, 2.24) is 0 Å². The smallest absolute Gasteiger partial charge is 0.156 e. The lowest BCUT2D eigenvalue weighted by atomic mass is 10.2. The van der Waals surface area contributed by atoms with E-state index in [9.17, 15) is 0 Å². The van der Waals surface area contributed by atoms with Crippen LogP contribution >= 0.6 is 0 Å². The van der Waals surface area contributed by atoms with Crippen LogP contribution in [0.4, 0.5) is 0 Å². The molecule has 0 saturated heterocycles. The Labute approximate surface area is 78.5 Å². The van der Waals surface area contributed by atoms with Gasteiger partial charge in [-0.25, -0.2) is 0 Å². The molecule has 2 nitrogen and oxygen atoms in total. The summed E-state index contributed by atoms with van der Waals surface area (Å²) in [5.74, 6) is 0. The lowest BCUT2D eigenvalue weighted by Crippen LogP contribution is -2.16. The minimum atomic E-state index is -0.0140. The van der Waals surface area contributed by atoms with Gasteiger partial charge in [0.15, 0.2) is 6.29 Å². The van der Waals surface area contributed by atoms with Gasteiger partial charge in [0.25, 0.3) is 0 Å².